The van der Waals surface area contributed by atoms with Crippen LogP contribution >= 0.6 is 0 Å². The van der Waals surface area contributed by atoms with Crippen molar-refractivity contribution in [3.63, 3.8) is 0 Å². The summed E-state index contributed by atoms with van der Waals surface area (Å²) in [7, 11) is -1.69. The van der Waals surface area contributed by atoms with Crippen LogP contribution in [-0.4, -0.2) is 26.1 Å². The van der Waals surface area contributed by atoms with E-state index >= 15 is 0 Å². The molecule has 0 radical (unpaired) electrons. The van der Waals surface area contributed by atoms with E-state index in [1.165, 1.54) is 32.1 Å². The fourth-order valence-electron chi connectivity index (χ4n) is 4.92. The molecule has 3 heteroatoms. The fourth-order valence-corrected chi connectivity index (χ4v) is 6.31. The van der Waals surface area contributed by atoms with E-state index in [0.29, 0.717) is 35.9 Å². The lowest BCUT2D eigenvalue weighted by atomic mass is 9.62. The molecule has 2 rings (SSSR count). The molecule has 0 heterocycles. The third kappa shape index (κ3) is 3.18. The molecule has 2 nitrogen and oxygen atoms in total. The molecule has 2 aliphatic rings. The van der Waals surface area contributed by atoms with Gasteiger partial charge in [0.1, 0.15) is 0 Å². The van der Waals surface area contributed by atoms with E-state index in [-0.39, 0.29) is 5.04 Å². The second-order valence-corrected chi connectivity index (χ2v) is 14.5. The molecule has 22 heavy (non-hydrogen) atoms. The maximum absolute atomic E-state index is 9.63. The highest BCUT2D eigenvalue weighted by molar-refractivity contribution is 6.74. The molecule has 0 aromatic heterocycles. The maximum atomic E-state index is 9.63. The molecule has 2 fully saturated rings. The average Bonchev–Trinajstić information content (AvgIpc) is 2.74. The van der Waals surface area contributed by atoms with Crippen molar-refractivity contribution in [1.82, 2.24) is 0 Å². The Morgan fingerprint density at radius 1 is 1.23 bits per heavy atom. The van der Waals surface area contributed by atoms with Crippen LogP contribution in [0.5, 0.6) is 0 Å². The predicted molar refractivity (Wildman–Crippen MR) is 96.5 cm³/mol. The van der Waals surface area contributed by atoms with Gasteiger partial charge in [0.25, 0.3) is 0 Å². The van der Waals surface area contributed by atoms with Gasteiger partial charge in [-0.05, 0) is 67.0 Å². The molecule has 2 unspecified atom stereocenters. The number of hydrogen-bond donors (Lipinski definition) is 1. The molecule has 0 aliphatic heterocycles. The van der Waals surface area contributed by atoms with Crippen LogP contribution in [0.1, 0.15) is 66.7 Å². The highest BCUT2D eigenvalue weighted by atomic mass is 28.4. The van der Waals surface area contributed by atoms with Crippen LogP contribution in [-0.2, 0) is 4.43 Å². The van der Waals surface area contributed by atoms with Crippen LogP contribution in [0.2, 0.25) is 18.1 Å². The summed E-state index contributed by atoms with van der Waals surface area (Å²) in [6.07, 6.45) is 6.89. The Labute approximate surface area is 139 Å². The lowest BCUT2D eigenvalue weighted by molar-refractivity contribution is -0.0259. The molecule has 0 aromatic carbocycles. The van der Waals surface area contributed by atoms with Gasteiger partial charge >= 0.3 is 0 Å². The Hall–Kier alpha value is 0.137. The lowest BCUT2D eigenvalue weighted by Crippen LogP contribution is -2.50. The van der Waals surface area contributed by atoms with Gasteiger partial charge in [0.15, 0.2) is 8.32 Å². The van der Waals surface area contributed by atoms with Gasteiger partial charge in [-0.1, -0.05) is 41.0 Å². The summed E-state index contributed by atoms with van der Waals surface area (Å²) in [6, 6.07) is 0. The second kappa shape index (κ2) is 6.21. The zero-order chi connectivity index (χ0) is 16.8. The molecule has 0 aromatic rings. The monoisotopic (exact) mass is 326 g/mol. The Bertz CT molecular complexity index is 387. The van der Waals surface area contributed by atoms with Crippen molar-refractivity contribution in [2.24, 2.45) is 23.2 Å². The van der Waals surface area contributed by atoms with Crippen LogP contribution in [0.25, 0.3) is 0 Å². The van der Waals surface area contributed by atoms with Crippen LogP contribution < -0.4 is 0 Å². The van der Waals surface area contributed by atoms with Gasteiger partial charge in [0, 0.05) is 12.7 Å². The molecule has 0 spiro atoms. The predicted octanol–water partition coefficient (Wildman–Crippen LogP) is 5.22. The van der Waals surface area contributed by atoms with Crippen molar-refractivity contribution in [3.8, 4) is 0 Å². The second-order valence-electron chi connectivity index (χ2n) is 9.76. The van der Waals surface area contributed by atoms with Crippen LogP contribution in [0.15, 0.2) is 0 Å². The quantitative estimate of drug-likeness (QED) is 0.718. The summed E-state index contributed by atoms with van der Waals surface area (Å²) < 4.78 is 6.86. The van der Waals surface area contributed by atoms with Crippen molar-refractivity contribution >= 4 is 8.32 Å². The largest absolute Gasteiger partial charge is 0.414 e. The summed E-state index contributed by atoms with van der Waals surface area (Å²) in [5.41, 5.74) is 0.382. The molecular formula is C19H38O2Si. The standard InChI is InChI=1S/C19H38O2Si/c1-14(13-20)15-10-11-16-17(9-8-12-19(15,16)5)21-22(6,7)18(2,3)4/h14-17,20H,8-13H2,1-7H3/t14-,15?,16?,17-,19+/m0/s1. The summed E-state index contributed by atoms with van der Waals surface area (Å²) >= 11 is 0. The number of hydrogen-bond acceptors (Lipinski definition) is 2. The van der Waals surface area contributed by atoms with E-state index < -0.39 is 8.32 Å². The number of fused-ring (bicyclic) bond motifs is 1. The highest BCUT2D eigenvalue weighted by Gasteiger charge is 2.54. The molecule has 0 saturated heterocycles. The van der Waals surface area contributed by atoms with Crippen LogP contribution in [0.4, 0.5) is 0 Å². The van der Waals surface area contributed by atoms with E-state index in [0.717, 1.165) is 0 Å². The molecule has 0 amide bonds. The Kier molecular flexibility index (Phi) is 5.22. The van der Waals surface area contributed by atoms with Gasteiger partial charge in [0.2, 0.25) is 0 Å². The van der Waals surface area contributed by atoms with Crippen molar-refractivity contribution < 1.29 is 9.53 Å². The first kappa shape index (κ1) is 18.5. The summed E-state index contributed by atoms with van der Waals surface area (Å²) in [5.74, 6) is 1.81. The van der Waals surface area contributed by atoms with Gasteiger partial charge in [-0.3, -0.25) is 0 Å². The third-order valence-corrected chi connectivity index (χ3v) is 11.9. The van der Waals surface area contributed by atoms with Crippen molar-refractivity contribution in [1.29, 1.82) is 0 Å². The minimum absolute atomic E-state index is 0.289. The average molecular weight is 327 g/mol. The van der Waals surface area contributed by atoms with Crippen molar-refractivity contribution in [2.45, 2.75) is 91.0 Å². The Morgan fingerprint density at radius 2 is 1.86 bits per heavy atom. The first-order chi connectivity index (χ1) is 10.0. The molecular weight excluding hydrogens is 288 g/mol. The molecule has 1 N–H and O–H groups in total. The molecule has 5 atom stereocenters. The van der Waals surface area contributed by atoms with E-state index in [1.807, 2.05) is 0 Å². The number of aliphatic hydroxyl groups excluding tert-OH is 1. The lowest BCUT2D eigenvalue weighted by Gasteiger charge is -2.49. The minimum Gasteiger partial charge on any atom is -0.414 e. The van der Waals surface area contributed by atoms with Gasteiger partial charge in [-0.2, -0.15) is 0 Å². The van der Waals surface area contributed by atoms with Gasteiger partial charge < -0.3 is 9.53 Å². The Morgan fingerprint density at radius 3 is 2.41 bits per heavy atom. The molecule has 2 saturated carbocycles. The number of rotatable bonds is 4. The van der Waals surface area contributed by atoms with E-state index in [2.05, 4.69) is 47.7 Å². The van der Waals surface area contributed by atoms with Crippen molar-refractivity contribution in [3.05, 3.63) is 0 Å². The maximum Gasteiger partial charge on any atom is 0.192 e. The summed E-state index contributed by atoms with van der Waals surface area (Å²) in [5, 5.41) is 9.92. The minimum atomic E-state index is -1.69. The first-order valence-electron chi connectivity index (χ1n) is 9.31. The summed E-state index contributed by atoms with van der Waals surface area (Å²) in [6.45, 7) is 16.9. The molecule has 0 bridgehead atoms. The zero-order valence-electron chi connectivity index (χ0n) is 15.9. The highest BCUT2D eigenvalue weighted by Crippen LogP contribution is 2.59. The smallest absolute Gasteiger partial charge is 0.192 e. The first-order valence-corrected chi connectivity index (χ1v) is 12.2. The van der Waals surface area contributed by atoms with E-state index in [9.17, 15) is 5.11 Å². The summed E-state index contributed by atoms with van der Waals surface area (Å²) in [4.78, 5) is 0. The fraction of sp³-hybridized carbons (Fsp3) is 1.00. The van der Waals surface area contributed by atoms with Gasteiger partial charge in [-0.25, -0.2) is 0 Å². The number of aliphatic hydroxyl groups is 1. The molecule has 130 valence electrons. The Balaban J connectivity index is 2.17. The van der Waals surface area contributed by atoms with Crippen LogP contribution in [0, 0.1) is 23.2 Å². The SMILES string of the molecule is C[C@@H](CO)C1CCC2[C@@H](O[Si](C)(C)C(C)(C)C)CCC[C@@]21C. The van der Waals surface area contributed by atoms with E-state index in [1.54, 1.807) is 0 Å². The third-order valence-electron chi connectivity index (χ3n) is 7.36. The zero-order valence-corrected chi connectivity index (χ0v) is 16.9. The van der Waals surface area contributed by atoms with E-state index in [4.69, 9.17) is 4.43 Å². The topological polar surface area (TPSA) is 29.5 Å². The van der Waals surface area contributed by atoms with Crippen LogP contribution in [0.3, 0.4) is 0 Å². The van der Waals surface area contributed by atoms with Gasteiger partial charge in [-0.15, -0.1) is 0 Å². The van der Waals surface area contributed by atoms with Crippen molar-refractivity contribution in [2.75, 3.05) is 6.61 Å². The normalized spacial score (nSPS) is 37.9. The van der Waals surface area contributed by atoms with Gasteiger partial charge in [0.05, 0.1) is 0 Å². The molecule has 2 aliphatic carbocycles.